The van der Waals surface area contributed by atoms with E-state index in [1.807, 2.05) is 0 Å². The van der Waals surface area contributed by atoms with Crippen LogP contribution in [0.15, 0.2) is 0 Å². The van der Waals surface area contributed by atoms with Crippen LogP contribution in [0.2, 0.25) is 0 Å². The molecule has 0 aromatic heterocycles. The smallest absolute Gasteiger partial charge is 0.305 e. The molecule has 0 saturated carbocycles. The zero-order valence-corrected chi connectivity index (χ0v) is 13.8. The third-order valence-corrected chi connectivity index (χ3v) is 3.16. The molecular weight excluding hydrogens is 336 g/mol. The van der Waals surface area contributed by atoms with E-state index in [9.17, 15) is 22.8 Å². The fourth-order valence-electron chi connectivity index (χ4n) is 1.92. The van der Waals surface area contributed by atoms with Gasteiger partial charge in [-0.1, -0.05) is 0 Å². The highest BCUT2D eigenvalue weighted by atomic mass is 32.2. The standard InChI is InChI=1S/C12H18O10S/c1-6(13)18-5-9-10(22-23(4,16)17)11(19-7(2)14)12(21-9)20-8(3)15/h9-12H,5H2,1-4H3/t9-,10+,11-,12+/m1/s1. The normalized spacial score (nSPS) is 27.3. The van der Waals surface area contributed by atoms with Crippen molar-refractivity contribution in [1.82, 2.24) is 0 Å². The minimum atomic E-state index is -3.95. The quantitative estimate of drug-likeness (QED) is 0.336. The summed E-state index contributed by atoms with van der Waals surface area (Å²) in [4.78, 5) is 33.2. The van der Waals surface area contributed by atoms with Gasteiger partial charge in [-0.25, -0.2) is 0 Å². The molecule has 0 aliphatic carbocycles. The molecule has 0 bridgehead atoms. The van der Waals surface area contributed by atoms with Crippen LogP contribution < -0.4 is 0 Å². The largest absolute Gasteiger partial charge is 0.463 e. The summed E-state index contributed by atoms with van der Waals surface area (Å²) in [6.45, 7) is 2.96. The van der Waals surface area contributed by atoms with Gasteiger partial charge in [0.2, 0.25) is 6.29 Å². The van der Waals surface area contributed by atoms with Gasteiger partial charge in [0.15, 0.2) is 6.10 Å². The van der Waals surface area contributed by atoms with Gasteiger partial charge in [0.05, 0.1) is 6.26 Å². The van der Waals surface area contributed by atoms with Gasteiger partial charge in [-0.15, -0.1) is 0 Å². The maximum Gasteiger partial charge on any atom is 0.305 e. The first-order valence-corrected chi connectivity index (χ1v) is 8.32. The summed E-state index contributed by atoms with van der Waals surface area (Å²) >= 11 is 0. The van der Waals surface area contributed by atoms with E-state index in [-0.39, 0.29) is 6.61 Å². The van der Waals surface area contributed by atoms with Crippen LogP contribution in [0.3, 0.4) is 0 Å². The molecule has 10 nitrogen and oxygen atoms in total. The lowest BCUT2D eigenvalue weighted by Crippen LogP contribution is -2.42. The predicted octanol–water partition coefficient (Wildman–Crippen LogP) is -0.886. The third kappa shape index (κ3) is 6.50. The van der Waals surface area contributed by atoms with E-state index in [0.29, 0.717) is 0 Å². The predicted molar refractivity (Wildman–Crippen MR) is 72.3 cm³/mol. The Morgan fingerprint density at radius 3 is 1.96 bits per heavy atom. The van der Waals surface area contributed by atoms with Crippen LogP contribution in [-0.4, -0.2) is 63.8 Å². The van der Waals surface area contributed by atoms with Crippen molar-refractivity contribution in [1.29, 1.82) is 0 Å². The van der Waals surface area contributed by atoms with Crippen molar-refractivity contribution >= 4 is 28.0 Å². The van der Waals surface area contributed by atoms with Gasteiger partial charge in [-0.3, -0.25) is 18.6 Å². The Morgan fingerprint density at radius 2 is 1.52 bits per heavy atom. The molecule has 1 rings (SSSR count). The molecule has 0 spiro atoms. The number of hydrogen-bond acceptors (Lipinski definition) is 10. The first-order valence-electron chi connectivity index (χ1n) is 6.51. The van der Waals surface area contributed by atoms with Crippen molar-refractivity contribution in [2.24, 2.45) is 0 Å². The summed E-state index contributed by atoms with van der Waals surface area (Å²) < 4.78 is 47.5. The van der Waals surface area contributed by atoms with Gasteiger partial charge < -0.3 is 18.9 Å². The number of carbonyl (C=O) groups excluding carboxylic acids is 3. The van der Waals surface area contributed by atoms with Gasteiger partial charge in [0.1, 0.15) is 18.8 Å². The number of rotatable bonds is 6. The van der Waals surface area contributed by atoms with E-state index >= 15 is 0 Å². The molecule has 0 amide bonds. The Hall–Kier alpha value is -1.72. The Morgan fingerprint density at radius 1 is 0.957 bits per heavy atom. The minimum absolute atomic E-state index is 0.370. The fraction of sp³-hybridized carbons (Fsp3) is 0.750. The number of esters is 3. The van der Waals surface area contributed by atoms with E-state index in [1.54, 1.807) is 0 Å². The van der Waals surface area contributed by atoms with Crippen LogP contribution >= 0.6 is 0 Å². The van der Waals surface area contributed by atoms with Crippen molar-refractivity contribution in [2.75, 3.05) is 12.9 Å². The summed E-state index contributed by atoms with van der Waals surface area (Å²) in [5.41, 5.74) is 0. The lowest BCUT2D eigenvalue weighted by Gasteiger charge is -2.22. The maximum atomic E-state index is 11.4. The second-order valence-corrected chi connectivity index (χ2v) is 6.39. The summed E-state index contributed by atoms with van der Waals surface area (Å²) in [6.07, 6.45) is -4.37. The van der Waals surface area contributed by atoms with Crippen molar-refractivity contribution in [3.05, 3.63) is 0 Å². The first-order chi connectivity index (χ1) is 10.5. The lowest BCUT2D eigenvalue weighted by atomic mass is 10.1. The zero-order valence-electron chi connectivity index (χ0n) is 13.0. The number of carbonyl (C=O) groups is 3. The Labute approximate surface area is 133 Å². The van der Waals surface area contributed by atoms with Crippen LogP contribution in [0.1, 0.15) is 20.8 Å². The molecule has 4 atom stereocenters. The molecule has 0 aromatic rings. The van der Waals surface area contributed by atoms with Crippen LogP contribution in [0.4, 0.5) is 0 Å². The fourth-order valence-corrected chi connectivity index (χ4v) is 2.56. The molecule has 1 fully saturated rings. The zero-order chi connectivity index (χ0) is 17.8. The van der Waals surface area contributed by atoms with Crippen LogP contribution in [0, 0.1) is 0 Å². The van der Waals surface area contributed by atoms with Crippen molar-refractivity contribution < 1.29 is 45.9 Å². The summed E-state index contributed by atoms with van der Waals surface area (Å²) in [5.74, 6) is -2.13. The van der Waals surface area contributed by atoms with E-state index in [2.05, 4.69) is 0 Å². The molecule has 1 saturated heterocycles. The van der Waals surface area contributed by atoms with E-state index in [4.69, 9.17) is 23.1 Å². The van der Waals surface area contributed by atoms with Crippen LogP contribution in [0.5, 0.6) is 0 Å². The molecule has 0 aromatic carbocycles. The van der Waals surface area contributed by atoms with Crippen molar-refractivity contribution in [3.8, 4) is 0 Å². The molecule has 1 aliphatic heterocycles. The van der Waals surface area contributed by atoms with Crippen LogP contribution in [0.25, 0.3) is 0 Å². The highest BCUT2D eigenvalue weighted by Gasteiger charge is 2.51. The highest BCUT2D eigenvalue weighted by Crippen LogP contribution is 2.29. The summed E-state index contributed by atoms with van der Waals surface area (Å²) in [5, 5.41) is 0. The monoisotopic (exact) mass is 354 g/mol. The molecule has 1 heterocycles. The lowest BCUT2D eigenvalue weighted by molar-refractivity contribution is -0.197. The molecule has 0 N–H and O–H groups in total. The minimum Gasteiger partial charge on any atom is -0.463 e. The van der Waals surface area contributed by atoms with E-state index in [1.165, 1.54) is 0 Å². The molecule has 132 valence electrons. The summed E-state index contributed by atoms with van der Waals surface area (Å²) in [7, 11) is -3.95. The van der Waals surface area contributed by atoms with Crippen LogP contribution in [-0.2, 0) is 47.6 Å². The molecule has 0 unspecified atom stereocenters. The van der Waals surface area contributed by atoms with Crippen molar-refractivity contribution in [2.45, 2.75) is 45.4 Å². The van der Waals surface area contributed by atoms with E-state index in [0.717, 1.165) is 27.0 Å². The molecule has 11 heteroatoms. The average molecular weight is 354 g/mol. The number of ether oxygens (including phenoxy) is 4. The third-order valence-electron chi connectivity index (χ3n) is 2.59. The van der Waals surface area contributed by atoms with E-state index < -0.39 is 52.6 Å². The van der Waals surface area contributed by atoms with Crippen molar-refractivity contribution in [3.63, 3.8) is 0 Å². The second kappa shape index (κ2) is 7.70. The molecule has 23 heavy (non-hydrogen) atoms. The first kappa shape index (κ1) is 19.3. The Balaban J connectivity index is 3.04. The average Bonchev–Trinajstić information content (AvgIpc) is 2.62. The summed E-state index contributed by atoms with van der Waals surface area (Å²) in [6, 6.07) is 0. The van der Waals surface area contributed by atoms with Gasteiger partial charge in [-0.2, -0.15) is 8.42 Å². The van der Waals surface area contributed by atoms with Gasteiger partial charge in [-0.05, 0) is 0 Å². The second-order valence-electron chi connectivity index (χ2n) is 4.79. The molecular formula is C12H18O10S. The Bertz CT molecular complexity index is 568. The van der Waals surface area contributed by atoms with Gasteiger partial charge in [0, 0.05) is 20.8 Å². The topological polar surface area (TPSA) is 132 Å². The van der Waals surface area contributed by atoms with Gasteiger partial charge >= 0.3 is 17.9 Å². The highest BCUT2D eigenvalue weighted by molar-refractivity contribution is 7.86. The molecule has 0 radical (unpaired) electrons. The number of hydrogen-bond donors (Lipinski definition) is 0. The molecule has 1 aliphatic rings. The van der Waals surface area contributed by atoms with Gasteiger partial charge in [0.25, 0.3) is 10.1 Å². The maximum absolute atomic E-state index is 11.4. The SMILES string of the molecule is CC(=O)OC[C@H]1O[C@H](OC(C)=O)[C@H](OC(C)=O)[C@H]1OS(C)(=O)=O. The Kier molecular flexibility index (Phi) is 6.47.